The first-order valence-electron chi connectivity index (χ1n) is 30.6. The van der Waals surface area contributed by atoms with Crippen LogP contribution in [0.1, 0.15) is 183 Å². The number of aromatic nitrogens is 8. The molecule has 2 amide bonds. The van der Waals surface area contributed by atoms with E-state index in [0.29, 0.717) is 57.0 Å². The number of hydrogen-bond donors (Lipinski definition) is 8. The Labute approximate surface area is 553 Å². The number of carbonyl (C=O) groups is 2. The van der Waals surface area contributed by atoms with E-state index in [0.717, 1.165) is 113 Å². The Morgan fingerprint density at radius 3 is 1.32 bits per heavy atom. The zero-order valence-corrected chi connectivity index (χ0v) is 55.8. The molecule has 0 aliphatic heterocycles. The molecule has 10 rings (SSSR count). The predicted molar refractivity (Wildman–Crippen MR) is 348 cm³/mol. The fourth-order valence-electron chi connectivity index (χ4n) is 8.07. The van der Waals surface area contributed by atoms with E-state index in [4.69, 9.17) is 50.5 Å². The van der Waals surface area contributed by atoms with Gasteiger partial charge in [0, 0.05) is 88.6 Å². The van der Waals surface area contributed by atoms with Crippen LogP contribution in [0.3, 0.4) is 0 Å². The zero-order valence-electron chi connectivity index (χ0n) is 53.8. The second-order valence-electron chi connectivity index (χ2n) is 21.8. The molecule has 0 atom stereocenters. The van der Waals surface area contributed by atoms with Gasteiger partial charge in [-0.15, -0.1) is 10.2 Å². The van der Waals surface area contributed by atoms with Gasteiger partial charge < -0.3 is 59.4 Å². The molecule has 35 heteroatoms. The average molecular weight is 1310 g/mol. The average Bonchev–Trinajstić information content (AvgIpc) is 1.53. The van der Waals surface area contributed by atoms with Crippen molar-refractivity contribution >= 4 is 47.0 Å². The topological polar surface area (TPSA) is 500 Å². The molecular formula is C57H92N19NaO15. The monoisotopic (exact) mass is 1310 g/mol. The number of nitrogens with one attached hydrogen (secondary N) is 2. The summed E-state index contributed by atoms with van der Waals surface area (Å²) in [6, 6.07) is 5.39. The number of aliphatic carboxylic acids is 1. The van der Waals surface area contributed by atoms with Crippen LogP contribution in [0.5, 0.6) is 0 Å². The number of amides is 2. The van der Waals surface area contributed by atoms with Crippen LogP contribution in [-0.4, -0.2) is 91.4 Å². The summed E-state index contributed by atoms with van der Waals surface area (Å²) in [6.07, 6.45) is 18.5. The molecule has 92 heavy (non-hydrogen) atoms. The van der Waals surface area contributed by atoms with Gasteiger partial charge >= 0.3 is 70.9 Å². The van der Waals surface area contributed by atoms with Crippen LogP contribution >= 0.6 is 0 Å². The number of nitrogens with zero attached hydrogens (tertiary/aromatic N) is 12. The van der Waals surface area contributed by atoms with Gasteiger partial charge in [0.15, 0.2) is 0 Å². The summed E-state index contributed by atoms with van der Waals surface area (Å²) >= 11 is 0. The maximum absolute atomic E-state index is 12.1. The molecule has 6 fully saturated rings. The van der Waals surface area contributed by atoms with Gasteiger partial charge in [0.05, 0.1) is 6.54 Å². The van der Waals surface area contributed by atoms with Crippen molar-refractivity contribution in [1.29, 1.82) is 0 Å². The first-order chi connectivity index (χ1) is 43.4. The Bertz CT molecular complexity index is 3540. The molecule has 6 aliphatic carbocycles. The van der Waals surface area contributed by atoms with E-state index < -0.39 is 23.8 Å². The van der Waals surface area contributed by atoms with E-state index >= 15 is 0 Å². The summed E-state index contributed by atoms with van der Waals surface area (Å²) in [4.78, 5) is 148. The summed E-state index contributed by atoms with van der Waals surface area (Å²) < 4.78 is 10.7. The number of anilines is 4. The number of hydrogen-bond acceptors (Lipinski definition) is 22. The van der Waals surface area contributed by atoms with Gasteiger partial charge in [0.25, 0.3) is 22.2 Å². The third-order valence-corrected chi connectivity index (χ3v) is 13.4. The Morgan fingerprint density at radius 2 is 0.989 bits per heavy atom. The van der Waals surface area contributed by atoms with Crippen LogP contribution in [0.15, 0.2) is 72.1 Å². The van der Waals surface area contributed by atoms with Gasteiger partial charge in [-0.25, -0.2) is 45.1 Å². The largest absolute Gasteiger partial charge is 1.00 e. The van der Waals surface area contributed by atoms with E-state index in [1.165, 1.54) is 69.1 Å². The Kier molecular flexibility index (Phi) is 37.7. The quantitative estimate of drug-likeness (QED) is 0.0162. The molecule has 13 N–H and O–H groups in total. The van der Waals surface area contributed by atoms with E-state index in [1.807, 2.05) is 41.5 Å². The SMILES string of the molecule is CCCN=C=O.CCCNC(=O)NC1CC1.CCCn1c(=O)cc(N)n(C2CC2)c1=O.CCCn1c(N)c(N=O)c(=O)n(C2CC2)c1=O.CCCn1c(N)cc(=O)n(C2CC2)c1=O.CCCn1c(N)cc(=O)n(C2CC2)c1=O.NC1CC1.O=N[O-].[C-]#[N+]CC(=O)O.[HH].[Na+]. The first kappa shape index (κ1) is 81.5. The summed E-state index contributed by atoms with van der Waals surface area (Å²) in [7, 11) is 0. The van der Waals surface area contributed by atoms with Gasteiger partial charge in [-0.3, -0.25) is 55.7 Å². The van der Waals surface area contributed by atoms with Crippen LogP contribution in [0.4, 0.5) is 33.8 Å². The van der Waals surface area contributed by atoms with Crippen LogP contribution in [0, 0.1) is 21.6 Å². The van der Waals surface area contributed by atoms with Crippen LogP contribution in [-0.2, 0) is 35.8 Å². The van der Waals surface area contributed by atoms with Crippen molar-refractivity contribution in [2.24, 2.45) is 21.2 Å². The third kappa shape index (κ3) is 27.9. The van der Waals surface area contributed by atoms with Crippen LogP contribution < -0.4 is 114 Å². The normalized spacial score (nSPS) is 14.3. The first-order valence-corrected chi connectivity index (χ1v) is 30.6. The number of aliphatic imine (C=N–C) groups is 1. The molecule has 6 saturated carbocycles. The van der Waals surface area contributed by atoms with Crippen molar-refractivity contribution < 1.29 is 50.5 Å². The van der Waals surface area contributed by atoms with Crippen molar-refractivity contribution in [3.05, 3.63) is 128 Å². The van der Waals surface area contributed by atoms with E-state index in [9.17, 15) is 57.6 Å². The molecule has 506 valence electrons. The summed E-state index contributed by atoms with van der Waals surface area (Å²) in [5.74, 6) is -0.369. The molecule has 4 aromatic rings. The number of urea groups is 1. The van der Waals surface area contributed by atoms with Crippen LogP contribution in [0.25, 0.3) is 4.85 Å². The van der Waals surface area contributed by atoms with E-state index in [1.54, 1.807) is 0 Å². The fraction of sp³-hybridized carbons (Fsp3) is 0.649. The number of isocyanates is 1. The molecule has 4 aromatic heterocycles. The Hall–Kier alpha value is -8.51. The summed E-state index contributed by atoms with van der Waals surface area (Å²) in [5.41, 5.74) is 24.7. The van der Waals surface area contributed by atoms with E-state index in [2.05, 4.69) is 25.6 Å². The number of carboxylic acids is 1. The second kappa shape index (κ2) is 42.5. The number of carboxylic acid groups (broad SMARTS) is 1. The number of nitrogen functional groups attached to an aromatic ring is 4. The minimum absolute atomic E-state index is 0. The summed E-state index contributed by atoms with van der Waals surface area (Å²) in [6.45, 7) is 20.7. The maximum Gasteiger partial charge on any atom is 1.00 e. The van der Waals surface area contributed by atoms with E-state index in [-0.39, 0.29) is 118 Å². The number of nitroso groups, excluding NO2 is 1. The van der Waals surface area contributed by atoms with Crippen LogP contribution in [0.2, 0.25) is 0 Å². The predicted octanol–water partition coefficient (Wildman–Crippen LogP) is 0.935. The second-order valence-corrected chi connectivity index (χ2v) is 21.8. The number of nitrogens with two attached hydrogens (primary N) is 5. The fourth-order valence-corrected chi connectivity index (χ4v) is 8.07. The van der Waals surface area contributed by atoms with Gasteiger partial charge in [-0.1, -0.05) is 41.5 Å². The van der Waals surface area contributed by atoms with Gasteiger partial charge in [0.1, 0.15) is 23.3 Å². The number of rotatable bonds is 19. The van der Waals surface area contributed by atoms with Gasteiger partial charge in [-0.2, -0.15) is 0 Å². The summed E-state index contributed by atoms with van der Waals surface area (Å²) in [5, 5.41) is 24.9. The standard InChI is InChI=1S/C10H14N4O3.3C10H15N3O2.C7H14N2O.C4H7NO.C3H3NO2.C3H7N.HNO2.Na.H2/c1-2-5-13-8(11)7(12-17)9(15)14(10(13)16)6-3-4-6;1-2-5-12-9(14)6-8(11)13(10(12)15)7-3-4-7;2*1-2-5-12-8(11)6-9(14)13(10(12)15)7-3-4-7;1-2-5-8-7(10)9-6-3-4-6;1-2-3-5-4-6;1-4-2-3(5)6;4-3-1-2-3;2-1-3;;/h6H,2-5,11H2,1H3;3*6-7H,2-5,11H2,1H3;6H,2-5H2,1H3,(H2,8,9,10);2-3H2,1H3;2H2,(H,5,6);3H,1-2,4H2;(H,2,3);;1H/q;;;;;;;;;+1;/p-1. The molecule has 0 spiro atoms. The van der Waals surface area contributed by atoms with Crippen molar-refractivity contribution in [3.8, 4) is 0 Å². The maximum atomic E-state index is 12.1. The van der Waals surface area contributed by atoms with Crippen molar-refractivity contribution in [2.75, 3.05) is 42.6 Å². The van der Waals surface area contributed by atoms with Crippen molar-refractivity contribution in [1.82, 2.24) is 47.2 Å². The van der Waals surface area contributed by atoms with Crippen molar-refractivity contribution in [2.45, 2.75) is 220 Å². The zero-order chi connectivity index (χ0) is 68.5. The molecule has 0 radical (unpaired) electrons. The molecule has 0 unspecified atom stereocenters. The van der Waals surface area contributed by atoms with Gasteiger partial charge in [0.2, 0.25) is 11.8 Å². The molecule has 0 bridgehead atoms. The number of carbonyl (C=O) groups excluding carboxylic acids is 2. The van der Waals surface area contributed by atoms with Crippen molar-refractivity contribution in [3.63, 3.8) is 0 Å². The Morgan fingerprint density at radius 1 is 0.609 bits per heavy atom. The minimum atomic E-state index is -1.06. The Balaban J connectivity index is 0.00000106. The molecule has 34 nitrogen and oxygen atoms in total. The third-order valence-electron chi connectivity index (χ3n) is 13.4. The molecule has 4 heterocycles. The molecule has 6 aliphatic rings. The molecule has 0 aromatic carbocycles. The molecular weight excluding hydrogens is 1210 g/mol. The van der Waals surface area contributed by atoms with Gasteiger partial charge in [-0.05, 0) is 121 Å². The smallest absolute Gasteiger partial charge is 0.476 e. The minimum Gasteiger partial charge on any atom is -0.476 e. The molecule has 0 saturated heterocycles.